The molecule has 0 saturated carbocycles. The fourth-order valence-electron chi connectivity index (χ4n) is 5.46. The maximum Gasteiger partial charge on any atom is 0.374 e. The molecule has 0 bridgehead atoms. The number of esters is 2. The number of carbonyl (C=O) groups excluding carboxylic acids is 3. The van der Waals surface area contributed by atoms with Gasteiger partial charge in [0.25, 0.3) is 0 Å². The van der Waals surface area contributed by atoms with Crippen LogP contribution in [0.5, 0.6) is 0 Å². The van der Waals surface area contributed by atoms with Gasteiger partial charge in [-0.2, -0.15) is 0 Å². The SMILES string of the molecule is COC(=O)C(=O)[C@@H]1[C@@H](c2ccc(Br)cc2)[C@@H]2CCCN2[C@@]1(/C=C/c1ccc(Br)cc1)C(=O)OC. The monoisotopic (exact) mass is 589 g/mol. The largest absolute Gasteiger partial charge is 0.467 e. The van der Waals surface area contributed by atoms with E-state index in [1.165, 1.54) is 14.2 Å². The van der Waals surface area contributed by atoms with E-state index in [-0.39, 0.29) is 12.0 Å². The van der Waals surface area contributed by atoms with Crippen molar-refractivity contribution in [1.82, 2.24) is 4.90 Å². The van der Waals surface area contributed by atoms with Crippen molar-refractivity contribution >= 4 is 55.7 Å². The van der Waals surface area contributed by atoms with Gasteiger partial charge < -0.3 is 9.47 Å². The third kappa shape index (κ3) is 4.27. The lowest BCUT2D eigenvalue weighted by molar-refractivity contribution is -0.160. The molecule has 0 amide bonds. The van der Waals surface area contributed by atoms with E-state index in [1.807, 2.05) is 59.5 Å². The molecule has 0 spiro atoms. The summed E-state index contributed by atoms with van der Waals surface area (Å²) < 4.78 is 12.0. The number of hydrogen-bond donors (Lipinski definition) is 0. The van der Waals surface area contributed by atoms with Crippen LogP contribution in [0.1, 0.15) is 29.9 Å². The zero-order chi connectivity index (χ0) is 24.5. The first-order chi connectivity index (χ1) is 16.3. The second-order valence-corrected chi connectivity index (χ2v) is 10.3. The number of ether oxygens (including phenoxy) is 2. The van der Waals surface area contributed by atoms with E-state index >= 15 is 0 Å². The smallest absolute Gasteiger partial charge is 0.374 e. The number of nitrogens with zero attached hydrogens (tertiary/aromatic N) is 1. The Morgan fingerprint density at radius 2 is 1.59 bits per heavy atom. The molecule has 178 valence electrons. The van der Waals surface area contributed by atoms with E-state index < -0.39 is 29.2 Å². The van der Waals surface area contributed by atoms with E-state index in [4.69, 9.17) is 9.47 Å². The van der Waals surface area contributed by atoms with Gasteiger partial charge >= 0.3 is 11.9 Å². The van der Waals surface area contributed by atoms with Crippen LogP contribution >= 0.6 is 31.9 Å². The summed E-state index contributed by atoms with van der Waals surface area (Å²) in [5.41, 5.74) is 0.315. The molecule has 0 unspecified atom stereocenters. The quantitative estimate of drug-likeness (QED) is 0.357. The van der Waals surface area contributed by atoms with Crippen LogP contribution in [-0.4, -0.2) is 55.0 Å². The van der Waals surface area contributed by atoms with E-state index in [9.17, 15) is 14.4 Å². The van der Waals surface area contributed by atoms with Crippen LogP contribution in [0, 0.1) is 5.92 Å². The third-order valence-electron chi connectivity index (χ3n) is 6.86. The van der Waals surface area contributed by atoms with Gasteiger partial charge in [-0.3, -0.25) is 9.69 Å². The van der Waals surface area contributed by atoms with E-state index in [0.717, 1.165) is 32.9 Å². The van der Waals surface area contributed by atoms with Crippen LogP contribution in [-0.2, 0) is 23.9 Å². The van der Waals surface area contributed by atoms with Gasteiger partial charge in [-0.1, -0.05) is 68.3 Å². The Hall–Kier alpha value is -2.29. The highest BCUT2D eigenvalue weighted by molar-refractivity contribution is 9.10. The first kappa shape index (κ1) is 24.8. The van der Waals surface area contributed by atoms with Gasteiger partial charge in [-0.05, 0) is 54.8 Å². The van der Waals surface area contributed by atoms with Crippen molar-refractivity contribution in [3.63, 3.8) is 0 Å². The molecule has 2 aliphatic heterocycles. The Morgan fingerprint density at radius 1 is 0.971 bits per heavy atom. The summed E-state index contributed by atoms with van der Waals surface area (Å²) in [6.45, 7) is 0.614. The number of carbonyl (C=O) groups is 3. The van der Waals surface area contributed by atoms with Crippen LogP contribution < -0.4 is 0 Å². The highest BCUT2D eigenvalue weighted by atomic mass is 79.9. The molecule has 2 saturated heterocycles. The van der Waals surface area contributed by atoms with E-state index in [0.29, 0.717) is 6.54 Å². The molecule has 8 heteroatoms. The van der Waals surface area contributed by atoms with Crippen LogP contribution in [0.15, 0.2) is 63.6 Å². The predicted molar refractivity (Wildman–Crippen MR) is 135 cm³/mol. The highest BCUT2D eigenvalue weighted by Gasteiger charge is 2.66. The van der Waals surface area contributed by atoms with Gasteiger partial charge in [0.1, 0.15) is 5.54 Å². The van der Waals surface area contributed by atoms with Crippen LogP contribution in [0.2, 0.25) is 0 Å². The number of rotatable bonds is 6. The molecular formula is C26H25Br2NO5. The molecule has 0 N–H and O–H groups in total. The summed E-state index contributed by atoms with van der Waals surface area (Å²) in [4.78, 5) is 41.8. The Bertz CT molecular complexity index is 1120. The first-order valence-electron chi connectivity index (χ1n) is 11.0. The molecule has 4 rings (SSSR count). The number of hydrogen-bond acceptors (Lipinski definition) is 6. The normalized spacial score (nSPS) is 26.4. The van der Waals surface area contributed by atoms with Crippen molar-refractivity contribution in [1.29, 1.82) is 0 Å². The molecule has 0 radical (unpaired) electrons. The fraction of sp³-hybridized carbons (Fsp3) is 0.346. The highest BCUT2D eigenvalue weighted by Crippen LogP contribution is 2.54. The van der Waals surface area contributed by atoms with Crippen molar-refractivity contribution < 1.29 is 23.9 Å². The summed E-state index contributed by atoms with van der Waals surface area (Å²) in [7, 11) is 2.50. The van der Waals surface area contributed by atoms with Crippen molar-refractivity contribution in [3.05, 3.63) is 74.7 Å². The number of benzene rings is 2. The minimum absolute atomic E-state index is 0.103. The Morgan fingerprint density at radius 3 is 2.18 bits per heavy atom. The zero-order valence-corrected chi connectivity index (χ0v) is 22.0. The lowest BCUT2D eigenvalue weighted by atomic mass is 9.71. The minimum atomic E-state index is -1.44. The summed E-state index contributed by atoms with van der Waals surface area (Å²) in [5, 5.41) is 0. The molecule has 2 aliphatic rings. The Kier molecular flexibility index (Phi) is 7.40. The summed E-state index contributed by atoms with van der Waals surface area (Å²) >= 11 is 6.89. The van der Waals surface area contributed by atoms with E-state index in [2.05, 4.69) is 31.9 Å². The summed E-state index contributed by atoms with van der Waals surface area (Å²) in [6, 6.07) is 15.2. The molecular weight excluding hydrogens is 566 g/mol. The topological polar surface area (TPSA) is 72.9 Å². The van der Waals surface area contributed by atoms with Gasteiger partial charge in [0, 0.05) is 20.9 Å². The average molecular weight is 591 g/mol. The number of Topliss-reactive ketones (excluding diaryl/α,β-unsaturated/α-hetero) is 1. The maximum atomic E-state index is 13.6. The number of fused-ring (bicyclic) bond motifs is 1. The van der Waals surface area contributed by atoms with E-state index in [1.54, 1.807) is 6.08 Å². The molecule has 4 atom stereocenters. The Balaban J connectivity index is 1.92. The molecule has 0 aromatic heterocycles. The molecule has 34 heavy (non-hydrogen) atoms. The van der Waals surface area contributed by atoms with Crippen molar-refractivity contribution in [2.24, 2.45) is 5.92 Å². The minimum Gasteiger partial charge on any atom is -0.467 e. The van der Waals surface area contributed by atoms with Crippen LogP contribution in [0.4, 0.5) is 0 Å². The van der Waals surface area contributed by atoms with Gasteiger partial charge in [-0.15, -0.1) is 0 Å². The van der Waals surface area contributed by atoms with Gasteiger partial charge in [-0.25, -0.2) is 9.59 Å². The average Bonchev–Trinajstić information content (AvgIpc) is 3.43. The van der Waals surface area contributed by atoms with Gasteiger partial charge in [0.2, 0.25) is 5.78 Å². The summed E-state index contributed by atoms with van der Waals surface area (Å²) in [5.74, 6) is -3.62. The number of ketones is 1. The Labute approximate surface area is 215 Å². The fourth-order valence-corrected chi connectivity index (χ4v) is 5.99. The second kappa shape index (κ2) is 10.1. The van der Waals surface area contributed by atoms with Gasteiger partial charge in [0.15, 0.2) is 0 Å². The summed E-state index contributed by atoms with van der Waals surface area (Å²) in [6.07, 6.45) is 5.24. The lowest BCUT2D eigenvalue weighted by Crippen LogP contribution is -2.56. The molecule has 2 fully saturated rings. The lowest BCUT2D eigenvalue weighted by Gasteiger charge is -2.36. The van der Waals surface area contributed by atoms with Crippen molar-refractivity contribution in [2.75, 3.05) is 20.8 Å². The molecule has 2 aromatic rings. The number of halogens is 2. The molecule has 2 heterocycles. The van der Waals surface area contributed by atoms with Gasteiger partial charge in [0.05, 0.1) is 20.1 Å². The maximum absolute atomic E-state index is 13.6. The number of methoxy groups -OCH3 is 2. The van der Waals surface area contributed by atoms with Crippen molar-refractivity contribution in [3.8, 4) is 0 Å². The third-order valence-corrected chi connectivity index (χ3v) is 7.92. The van der Waals surface area contributed by atoms with Crippen LogP contribution in [0.3, 0.4) is 0 Å². The van der Waals surface area contributed by atoms with Crippen molar-refractivity contribution in [2.45, 2.75) is 30.3 Å². The van der Waals surface area contributed by atoms with Crippen LogP contribution in [0.25, 0.3) is 6.08 Å². The molecule has 0 aliphatic carbocycles. The molecule has 6 nitrogen and oxygen atoms in total. The second-order valence-electron chi connectivity index (χ2n) is 8.52. The molecule has 2 aromatic carbocycles. The standard InChI is InChI=1S/C26H25Br2NO5/c1-33-24(31)23(30)22-21(17-7-11-19(28)12-8-17)20-4-3-15-29(20)26(22,25(32)34-2)14-13-16-5-9-18(27)10-6-16/h5-14,20-22H,3-4,15H2,1-2H3/b14-13+/t20-,21-,22-,26+/m0/s1. The zero-order valence-electron chi connectivity index (χ0n) is 18.9. The predicted octanol–water partition coefficient (Wildman–Crippen LogP) is 4.76. The first-order valence-corrected chi connectivity index (χ1v) is 12.6.